The molecule has 0 bridgehead atoms. The van der Waals surface area contributed by atoms with Crippen LogP contribution < -0.4 is 0 Å². The van der Waals surface area contributed by atoms with Crippen molar-refractivity contribution in [3.8, 4) is 12.8 Å². The van der Waals surface area contributed by atoms with Crippen molar-refractivity contribution in [2.75, 3.05) is 0 Å². The molecule has 0 fully saturated rings. The van der Waals surface area contributed by atoms with Crippen LogP contribution in [-0.4, -0.2) is 0 Å². The molecule has 0 saturated carbocycles. The van der Waals surface area contributed by atoms with Crippen LogP contribution >= 0.6 is 0 Å². The molecule has 0 saturated heterocycles. The van der Waals surface area contributed by atoms with Crippen LogP contribution in [-0.2, 0) is 0 Å². The summed E-state index contributed by atoms with van der Waals surface area (Å²) in [5.41, 5.74) is 0. The molecule has 0 aliphatic carbocycles. The summed E-state index contributed by atoms with van der Waals surface area (Å²) in [5.74, 6) is 0.821. The third kappa shape index (κ3) is 51.8. The maximum Gasteiger partial charge on any atom is -0.0322 e. The van der Waals surface area contributed by atoms with Crippen LogP contribution in [0.1, 0.15) is 60.8 Å². The fourth-order valence-electron chi connectivity index (χ4n) is 0.574. The first kappa shape index (κ1) is 24.3. The maximum atomic E-state index is 4.00. The molecule has 0 aliphatic heterocycles. The van der Waals surface area contributed by atoms with E-state index >= 15 is 0 Å². The van der Waals surface area contributed by atoms with Gasteiger partial charge in [0.15, 0.2) is 0 Å². The molecule has 1 atom stereocenters. The summed E-state index contributed by atoms with van der Waals surface area (Å²) in [6, 6.07) is 0. The van der Waals surface area contributed by atoms with Gasteiger partial charge in [0.25, 0.3) is 0 Å². The predicted octanol–water partition coefficient (Wildman–Crippen LogP) is 5.86. The number of hydrogen-bond acceptors (Lipinski definition) is 0. The molecular formula is C16H32. The lowest BCUT2D eigenvalue weighted by molar-refractivity contribution is 0.572. The van der Waals surface area contributed by atoms with Gasteiger partial charge in [-0.2, -0.15) is 0 Å². The molecule has 0 nitrogen and oxygen atoms in total. The largest absolute Gasteiger partial charge is 0.124 e. The van der Waals surface area contributed by atoms with Crippen molar-refractivity contribution < 1.29 is 0 Å². The third-order valence-corrected chi connectivity index (χ3v) is 1.51. The zero-order chi connectivity index (χ0) is 13.8. The molecule has 0 aromatic heterocycles. The first-order valence-corrected chi connectivity index (χ1v) is 6.33. The Hall–Kier alpha value is -0.960. The van der Waals surface area contributed by atoms with Crippen LogP contribution in [0.3, 0.4) is 0 Å². The summed E-state index contributed by atoms with van der Waals surface area (Å²) < 4.78 is 0. The van der Waals surface area contributed by atoms with Gasteiger partial charge >= 0.3 is 0 Å². The standard InChI is InChI=1S/C9H16.C3H8.C2H6.C2H2/c1-4-6-7-8-9(3)5-2;1-3-2;2*1-2/h4,6-7,9H,1,5,8H2,2-3H3;3H2,1-2H3;1-2H3;1-2H/b7-6-;;;. The van der Waals surface area contributed by atoms with E-state index in [4.69, 9.17) is 0 Å². The van der Waals surface area contributed by atoms with Crippen molar-refractivity contribution in [3.05, 3.63) is 24.8 Å². The first-order chi connectivity index (χ1) is 7.72. The van der Waals surface area contributed by atoms with Crippen molar-refractivity contribution >= 4 is 0 Å². The van der Waals surface area contributed by atoms with Gasteiger partial charge in [-0.3, -0.25) is 0 Å². The molecule has 0 aromatic rings. The van der Waals surface area contributed by atoms with E-state index < -0.39 is 0 Å². The van der Waals surface area contributed by atoms with Crippen molar-refractivity contribution in [2.24, 2.45) is 5.92 Å². The van der Waals surface area contributed by atoms with E-state index in [2.05, 4.69) is 53.2 Å². The van der Waals surface area contributed by atoms with Crippen LogP contribution in [0.5, 0.6) is 0 Å². The third-order valence-electron chi connectivity index (χ3n) is 1.51. The quantitative estimate of drug-likeness (QED) is 0.414. The monoisotopic (exact) mass is 224 g/mol. The van der Waals surface area contributed by atoms with E-state index in [0.717, 1.165) is 5.92 Å². The van der Waals surface area contributed by atoms with E-state index in [1.165, 1.54) is 19.3 Å². The maximum absolute atomic E-state index is 4.00. The molecule has 0 radical (unpaired) electrons. The van der Waals surface area contributed by atoms with Gasteiger partial charge in [0.1, 0.15) is 0 Å². The highest BCUT2D eigenvalue weighted by atomic mass is 14.0. The average Bonchev–Trinajstić information content (AvgIpc) is 2.35. The van der Waals surface area contributed by atoms with Crippen molar-refractivity contribution in [1.29, 1.82) is 0 Å². The summed E-state index contributed by atoms with van der Waals surface area (Å²) in [4.78, 5) is 0. The molecule has 0 heteroatoms. The summed E-state index contributed by atoms with van der Waals surface area (Å²) in [7, 11) is 0. The summed E-state index contributed by atoms with van der Waals surface area (Å²) in [5, 5.41) is 0. The van der Waals surface area contributed by atoms with Crippen LogP contribution in [0, 0.1) is 18.8 Å². The highest BCUT2D eigenvalue weighted by Crippen LogP contribution is 2.06. The molecule has 0 spiro atoms. The molecule has 16 heavy (non-hydrogen) atoms. The van der Waals surface area contributed by atoms with Gasteiger partial charge in [-0.1, -0.05) is 79.2 Å². The zero-order valence-electron chi connectivity index (χ0n) is 12.3. The fourth-order valence-corrected chi connectivity index (χ4v) is 0.574. The molecule has 0 N–H and O–H groups in total. The smallest absolute Gasteiger partial charge is 0.0322 e. The minimum atomic E-state index is 0.821. The normalized spacial score (nSPS) is 9.50. The number of allylic oxidation sites excluding steroid dienone is 3. The number of hydrogen-bond donors (Lipinski definition) is 0. The van der Waals surface area contributed by atoms with Crippen LogP contribution in [0.4, 0.5) is 0 Å². The van der Waals surface area contributed by atoms with Gasteiger partial charge in [-0.15, -0.1) is 12.8 Å². The van der Waals surface area contributed by atoms with E-state index in [9.17, 15) is 0 Å². The lowest BCUT2D eigenvalue weighted by Crippen LogP contribution is -1.86. The zero-order valence-corrected chi connectivity index (χ0v) is 12.3. The molecule has 96 valence electrons. The molecule has 0 heterocycles. The molecule has 0 aromatic carbocycles. The van der Waals surface area contributed by atoms with Crippen LogP contribution in [0.25, 0.3) is 0 Å². The highest BCUT2D eigenvalue weighted by molar-refractivity contribution is 4.97. The number of terminal acetylenes is 1. The van der Waals surface area contributed by atoms with E-state index in [0.29, 0.717) is 0 Å². The summed E-state index contributed by atoms with van der Waals surface area (Å²) >= 11 is 0. The Morgan fingerprint density at radius 2 is 1.50 bits per heavy atom. The van der Waals surface area contributed by atoms with E-state index in [1.54, 1.807) is 0 Å². The minimum Gasteiger partial charge on any atom is -0.124 e. The van der Waals surface area contributed by atoms with Gasteiger partial charge in [-0.05, 0) is 12.3 Å². The highest BCUT2D eigenvalue weighted by Gasteiger charge is 1.91. The average molecular weight is 224 g/mol. The number of rotatable bonds is 4. The van der Waals surface area contributed by atoms with Crippen molar-refractivity contribution in [2.45, 2.75) is 60.8 Å². The molecule has 0 amide bonds. The molecule has 1 unspecified atom stereocenters. The van der Waals surface area contributed by atoms with E-state index in [-0.39, 0.29) is 0 Å². The lowest BCUT2D eigenvalue weighted by Gasteiger charge is -2.00. The fraction of sp³-hybridized carbons (Fsp3) is 0.625. The second-order valence-corrected chi connectivity index (χ2v) is 3.12. The van der Waals surface area contributed by atoms with E-state index in [1.807, 2.05) is 26.0 Å². The topological polar surface area (TPSA) is 0 Å². The summed E-state index contributed by atoms with van der Waals surface area (Å²) in [6.07, 6.45) is 17.7. The van der Waals surface area contributed by atoms with Gasteiger partial charge < -0.3 is 0 Å². The second-order valence-electron chi connectivity index (χ2n) is 3.12. The van der Waals surface area contributed by atoms with Crippen molar-refractivity contribution in [1.82, 2.24) is 0 Å². The Morgan fingerprint density at radius 3 is 1.75 bits per heavy atom. The Labute approximate surface area is 105 Å². The predicted molar refractivity (Wildman–Crippen MR) is 80.6 cm³/mol. The van der Waals surface area contributed by atoms with Crippen molar-refractivity contribution in [3.63, 3.8) is 0 Å². The Morgan fingerprint density at radius 1 is 1.12 bits per heavy atom. The Bertz CT molecular complexity index is 128. The molecular weight excluding hydrogens is 192 g/mol. The Balaban J connectivity index is -0.0000000864. The van der Waals surface area contributed by atoms with Crippen LogP contribution in [0.2, 0.25) is 0 Å². The minimum absolute atomic E-state index is 0.821. The lowest BCUT2D eigenvalue weighted by atomic mass is 10.1. The Kier molecular flexibility index (Phi) is 56.1. The van der Waals surface area contributed by atoms with Gasteiger partial charge in [0.2, 0.25) is 0 Å². The van der Waals surface area contributed by atoms with Gasteiger partial charge in [-0.25, -0.2) is 0 Å². The second kappa shape index (κ2) is 36.9. The molecule has 0 rings (SSSR count). The first-order valence-electron chi connectivity index (χ1n) is 6.33. The SMILES string of the molecule is C#C.C=C/C=C\CC(C)CC.CC.CCC. The van der Waals surface area contributed by atoms with Crippen LogP contribution in [0.15, 0.2) is 24.8 Å². The summed E-state index contributed by atoms with van der Waals surface area (Å²) in [6.45, 7) is 16.3. The van der Waals surface area contributed by atoms with Gasteiger partial charge in [0, 0.05) is 0 Å². The molecule has 0 aliphatic rings. The van der Waals surface area contributed by atoms with Gasteiger partial charge in [0.05, 0.1) is 0 Å².